The second-order valence-corrected chi connectivity index (χ2v) is 10.8. The van der Waals surface area contributed by atoms with Crippen LogP contribution in [0.25, 0.3) is 0 Å². The molecule has 0 spiro atoms. The van der Waals surface area contributed by atoms with Crippen molar-refractivity contribution in [1.82, 2.24) is 9.21 Å². The second-order valence-electron chi connectivity index (χ2n) is 8.84. The number of carbonyl (C=O) groups is 1. The van der Waals surface area contributed by atoms with Crippen molar-refractivity contribution in [2.45, 2.75) is 24.7 Å². The molecule has 1 N–H and O–H groups in total. The molecule has 2 heterocycles. The molecule has 32 heavy (non-hydrogen) atoms. The SMILES string of the molecule is Cc1ccc(S(=O)(=O)N2CCC[C@H](C(=O)Nc3ccc(N4CCN(C)CC4)cc3)C2)cc1. The minimum Gasteiger partial charge on any atom is -0.369 e. The maximum atomic E-state index is 13.0. The second kappa shape index (κ2) is 9.60. The monoisotopic (exact) mass is 456 g/mol. The first-order valence-electron chi connectivity index (χ1n) is 11.2. The summed E-state index contributed by atoms with van der Waals surface area (Å²) in [5, 5.41) is 2.98. The smallest absolute Gasteiger partial charge is 0.243 e. The molecule has 7 nitrogen and oxygen atoms in total. The number of hydrogen-bond acceptors (Lipinski definition) is 5. The molecular weight excluding hydrogens is 424 g/mol. The Balaban J connectivity index is 1.37. The number of amides is 1. The number of nitrogens with one attached hydrogen (secondary N) is 1. The normalized spacial score (nSPS) is 20.8. The van der Waals surface area contributed by atoms with Gasteiger partial charge in [-0.1, -0.05) is 17.7 Å². The van der Waals surface area contributed by atoms with Gasteiger partial charge in [0.2, 0.25) is 15.9 Å². The van der Waals surface area contributed by atoms with Crippen LogP contribution in [0.4, 0.5) is 11.4 Å². The standard InChI is InChI=1S/C24H32N4O3S/c1-19-5-11-23(12-6-19)32(30,31)28-13-3-4-20(18-28)24(29)25-21-7-9-22(10-8-21)27-16-14-26(2)15-17-27/h5-12,20H,3-4,13-18H2,1-2H3,(H,25,29)/t20-/m0/s1. The maximum Gasteiger partial charge on any atom is 0.243 e. The Morgan fingerprint density at radius 3 is 2.25 bits per heavy atom. The number of likely N-dealkylation sites (N-methyl/N-ethyl adjacent to an activating group) is 1. The van der Waals surface area contributed by atoms with Crippen LogP contribution < -0.4 is 10.2 Å². The van der Waals surface area contributed by atoms with Gasteiger partial charge in [0.1, 0.15) is 0 Å². The third-order valence-electron chi connectivity index (χ3n) is 6.42. The summed E-state index contributed by atoms with van der Waals surface area (Å²) in [5.41, 5.74) is 2.91. The van der Waals surface area contributed by atoms with E-state index in [1.807, 2.05) is 31.2 Å². The van der Waals surface area contributed by atoms with E-state index in [1.165, 1.54) is 4.31 Å². The lowest BCUT2D eigenvalue weighted by atomic mass is 9.98. The van der Waals surface area contributed by atoms with E-state index < -0.39 is 10.0 Å². The van der Waals surface area contributed by atoms with Crippen LogP contribution in [-0.4, -0.2) is 69.8 Å². The van der Waals surface area contributed by atoms with Gasteiger partial charge in [-0.2, -0.15) is 4.31 Å². The molecule has 0 aliphatic carbocycles. The first-order chi connectivity index (χ1) is 15.3. The Hall–Kier alpha value is -2.42. The van der Waals surface area contributed by atoms with Crippen LogP contribution in [0.1, 0.15) is 18.4 Å². The molecule has 8 heteroatoms. The summed E-state index contributed by atoms with van der Waals surface area (Å²) in [7, 11) is -1.46. The highest BCUT2D eigenvalue weighted by molar-refractivity contribution is 7.89. The average Bonchev–Trinajstić information content (AvgIpc) is 2.80. The van der Waals surface area contributed by atoms with Crippen molar-refractivity contribution in [3.63, 3.8) is 0 Å². The van der Waals surface area contributed by atoms with E-state index in [2.05, 4.69) is 22.2 Å². The van der Waals surface area contributed by atoms with Crippen molar-refractivity contribution in [3.8, 4) is 0 Å². The summed E-state index contributed by atoms with van der Waals surface area (Å²) < 4.78 is 27.5. The van der Waals surface area contributed by atoms with Crippen molar-refractivity contribution in [2.75, 3.05) is 56.5 Å². The zero-order chi connectivity index (χ0) is 22.7. The molecule has 2 saturated heterocycles. The summed E-state index contributed by atoms with van der Waals surface area (Å²) in [5.74, 6) is -0.484. The van der Waals surface area contributed by atoms with E-state index >= 15 is 0 Å². The molecule has 2 aliphatic heterocycles. The Morgan fingerprint density at radius 1 is 0.938 bits per heavy atom. The summed E-state index contributed by atoms with van der Waals surface area (Å²) in [6.45, 7) is 6.66. The van der Waals surface area contributed by atoms with E-state index in [0.717, 1.165) is 43.1 Å². The fraction of sp³-hybridized carbons (Fsp3) is 0.458. The van der Waals surface area contributed by atoms with Gasteiger partial charge in [0, 0.05) is 50.6 Å². The Labute approximate surface area is 191 Å². The fourth-order valence-corrected chi connectivity index (χ4v) is 5.82. The first kappa shape index (κ1) is 22.8. The number of benzene rings is 2. The zero-order valence-electron chi connectivity index (χ0n) is 18.8. The average molecular weight is 457 g/mol. The molecule has 4 rings (SSSR count). The first-order valence-corrected chi connectivity index (χ1v) is 12.7. The van der Waals surface area contributed by atoms with E-state index in [1.54, 1.807) is 24.3 Å². The molecule has 0 aromatic heterocycles. The Bertz CT molecular complexity index is 1030. The number of anilines is 2. The van der Waals surface area contributed by atoms with Gasteiger partial charge in [-0.3, -0.25) is 4.79 Å². The van der Waals surface area contributed by atoms with Gasteiger partial charge in [-0.05, 0) is 63.2 Å². The van der Waals surface area contributed by atoms with Gasteiger partial charge in [0.25, 0.3) is 0 Å². The van der Waals surface area contributed by atoms with Gasteiger partial charge >= 0.3 is 0 Å². The summed E-state index contributed by atoms with van der Waals surface area (Å²) in [6, 6.07) is 14.8. The zero-order valence-corrected chi connectivity index (χ0v) is 19.6. The number of nitrogens with zero attached hydrogens (tertiary/aromatic N) is 3. The van der Waals surface area contributed by atoms with Crippen LogP contribution in [0.2, 0.25) is 0 Å². The highest BCUT2D eigenvalue weighted by Crippen LogP contribution is 2.26. The lowest BCUT2D eigenvalue weighted by Crippen LogP contribution is -2.44. The maximum absolute atomic E-state index is 13.0. The molecule has 2 aliphatic rings. The van der Waals surface area contributed by atoms with E-state index in [9.17, 15) is 13.2 Å². The van der Waals surface area contributed by atoms with Crippen molar-refractivity contribution in [2.24, 2.45) is 5.92 Å². The van der Waals surface area contributed by atoms with Crippen LogP contribution in [0, 0.1) is 12.8 Å². The highest BCUT2D eigenvalue weighted by atomic mass is 32.2. The Morgan fingerprint density at radius 2 is 1.59 bits per heavy atom. The van der Waals surface area contributed by atoms with Crippen molar-refractivity contribution in [3.05, 3.63) is 54.1 Å². The van der Waals surface area contributed by atoms with Gasteiger partial charge < -0.3 is 15.1 Å². The minimum atomic E-state index is -3.60. The third-order valence-corrected chi connectivity index (χ3v) is 8.30. The number of rotatable bonds is 5. The van der Waals surface area contributed by atoms with Gasteiger partial charge in [0.15, 0.2) is 0 Å². The predicted octanol–water partition coefficient (Wildman–Crippen LogP) is 2.79. The number of carbonyl (C=O) groups excluding carboxylic acids is 1. The molecule has 0 radical (unpaired) electrons. The number of piperidine rings is 1. The molecule has 172 valence electrons. The molecule has 2 aromatic rings. The van der Waals surface area contributed by atoms with Crippen molar-refractivity contribution in [1.29, 1.82) is 0 Å². The third kappa shape index (κ3) is 5.14. The van der Waals surface area contributed by atoms with Crippen LogP contribution in [0.3, 0.4) is 0 Å². The lowest BCUT2D eigenvalue weighted by Gasteiger charge is -2.34. The van der Waals surface area contributed by atoms with Crippen LogP contribution in [0.15, 0.2) is 53.4 Å². The molecule has 0 bridgehead atoms. The fourth-order valence-electron chi connectivity index (χ4n) is 4.30. The van der Waals surface area contributed by atoms with Crippen LogP contribution >= 0.6 is 0 Å². The lowest BCUT2D eigenvalue weighted by molar-refractivity contribution is -0.120. The van der Waals surface area contributed by atoms with E-state index in [-0.39, 0.29) is 23.3 Å². The molecule has 0 saturated carbocycles. The van der Waals surface area contributed by atoms with E-state index in [0.29, 0.717) is 19.4 Å². The molecular formula is C24H32N4O3S. The van der Waals surface area contributed by atoms with Crippen molar-refractivity contribution < 1.29 is 13.2 Å². The molecule has 2 fully saturated rings. The topological polar surface area (TPSA) is 73.0 Å². The summed E-state index contributed by atoms with van der Waals surface area (Å²) in [4.78, 5) is 17.8. The predicted molar refractivity (Wildman–Crippen MR) is 127 cm³/mol. The number of sulfonamides is 1. The largest absolute Gasteiger partial charge is 0.369 e. The molecule has 1 amide bonds. The number of aryl methyl sites for hydroxylation is 1. The molecule has 1 atom stereocenters. The number of piperazine rings is 1. The quantitative estimate of drug-likeness (QED) is 0.749. The summed E-state index contributed by atoms with van der Waals surface area (Å²) >= 11 is 0. The highest BCUT2D eigenvalue weighted by Gasteiger charge is 2.33. The van der Waals surface area contributed by atoms with Gasteiger partial charge in [0.05, 0.1) is 10.8 Å². The van der Waals surface area contributed by atoms with E-state index in [4.69, 9.17) is 0 Å². The van der Waals surface area contributed by atoms with Crippen LogP contribution in [-0.2, 0) is 14.8 Å². The Kier molecular flexibility index (Phi) is 6.83. The minimum absolute atomic E-state index is 0.124. The molecule has 0 unspecified atom stereocenters. The van der Waals surface area contributed by atoms with Gasteiger partial charge in [-0.15, -0.1) is 0 Å². The number of hydrogen-bond donors (Lipinski definition) is 1. The molecule has 2 aromatic carbocycles. The summed E-state index contributed by atoms with van der Waals surface area (Å²) in [6.07, 6.45) is 1.36. The van der Waals surface area contributed by atoms with Gasteiger partial charge in [-0.25, -0.2) is 8.42 Å². The van der Waals surface area contributed by atoms with Crippen LogP contribution in [0.5, 0.6) is 0 Å². The van der Waals surface area contributed by atoms with Crippen molar-refractivity contribution >= 4 is 27.3 Å².